The van der Waals surface area contributed by atoms with E-state index in [2.05, 4.69) is 16.2 Å². The minimum absolute atomic E-state index is 0.0423. The van der Waals surface area contributed by atoms with Crippen molar-refractivity contribution < 1.29 is 23.8 Å². The van der Waals surface area contributed by atoms with Crippen LogP contribution in [0.1, 0.15) is 15.9 Å². The molecule has 29 heavy (non-hydrogen) atoms. The summed E-state index contributed by atoms with van der Waals surface area (Å²) in [6.07, 6.45) is 0. The number of hydrogen-bond acceptors (Lipinski definition) is 6. The molecule has 8 nitrogen and oxygen atoms in total. The number of amides is 2. The van der Waals surface area contributed by atoms with Gasteiger partial charge in [0, 0.05) is 12.7 Å². The van der Waals surface area contributed by atoms with E-state index in [9.17, 15) is 9.59 Å². The van der Waals surface area contributed by atoms with Crippen LogP contribution in [0.4, 0.5) is 0 Å². The van der Waals surface area contributed by atoms with Gasteiger partial charge in [0.15, 0.2) is 11.7 Å². The Bertz CT molecular complexity index is 842. The van der Waals surface area contributed by atoms with Gasteiger partial charge in [-0.2, -0.15) is 0 Å². The van der Waals surface area contributed by atoms with Gasteiger partial charge in [-0.15, -0.1) is 0 Å². The van der Waals surface area contributed by atoms with Crippen molar-refractivity contribution in [2.24, 2.45) is 0 Å². The standard InChI is InChI=1S/C20H23N3O5S/c1-14-4-3-5-17(12-14)28-13-18(24)22-23-20(29)21-19(25)15-6-8-16(9-7-15)27-11-10-26-2/h3-9,12H,10-11,13H2,1-2H3,(H,22,24)(H2,21,23,25,29). The maximum Gasteiger partial charge on any atom is 0.276 e. The second-order valence-electron chi connectivity index (χ2n) is 5.93. The molecule has 0 radical (unpaired) electrons. The number of hydrogen-bond donors (Lipinski definition) is 3. The Labute approximate surface area is 174 Å². The summed E-state index contributed by atoms with van der Waals surface area (Å²) >= 11 is 5.00. The fourth-order valence-electron chi connectivity index (χ4n) is 2.17. The molecule has 154 valence electrons. The van der Waals surface area contributed by atoms with Gasteiger partial charge in [0.2, 0.25) is 0 Å². The molecule has 0 bridgehead atoms. The summed E-state index contributed by atoms with van der Waals surface area (Å²) in [4.78, 5) is 24.0. The van der Waals surface area contributed by atoms with Crippen LogP contribution in [0.25, 0.3) is 0 Å². The fraction of sp³-hybridized carbons (Fsp3) is 0.250. The first kappa shape index (κ1) is 22.1. The van der Waals surface area contributed by atoms with Crippen molar-refractivity contribution in [2.45, 2.75) is 6.92 Å². The molecule has 2 amide bonds. The first-order chi connectivity index (χ1) is 14.0. The lowest BCUT2D eigenvalue weighted by atomic mass is 10.2. The lowest BCUT2D eigenvalue weighted by Crippen LogP contribution is -2.49. The molecule has 2 aromatic carbocycles. The summed E-state index contributed by atoms with van der Waals surface area (Å²) in [7, 11) is 1.59. The molecule has 0 saturated carbocycles. The highest BCUT2D eigenvalue weighted by molar-refractivity contribution is 7.80. The van der Waals surface area contributed by atoms with Crippen molar-refractivity contribution in [1.82, 2.24) is 16.2 Å². The number of thiocarbonyl (C=S) groups is 1. The molecule has 3 N–H and O–H groups in total. The van der Waals surface area contributed by atoms with Crippen molar-refractivity contribution in [3.05, 3.63) is 59.7 Å². The number of carbonyl (C=O) groups is 2. The molecule has 9 heteroatoms. The Kier molecular flexibility index (Phi) is 8.87. The van der Waals surface area contributed by atoms with E-state index in [1.165, 1.54) is 0 Å². The molecule has 0 heterocycles. The third-order valence-electron chi connectivity index (χ3n) is 3.57. The van der Waals surface area contributed by atoms with Gasteiger partial charge in [0.05, 0.1) is 6.61 Å². The van der Waals surface area contributed by atoms with E-state index in [1.54, 1.807) is 37.4 Å². The lowest BCUT2D eigenvalue weighted by molar-refractivity contribution is -0.123. The zero-order valence-electron chi connectivity index (χ0n) is 16.2. The van der Waals surface area contributed by atoms with Crippen molar-refractivity contribution in [3.63, 3.8) is 0 Å². The highest BCUT2D eigenvalue weighted by atomic mass is 32.1. The number of methoxy groups -OCH3 is 1. The van der Waals surface area contributed by atoms with Crippen LogP contribution in [0.5, 0.6) is 11.5 Å². The average Bonchev–Trinajstić information content (AvgIpc) is 2.71. The van der Waals surface area contributed by atoms with Gasteiger partial charge < -0.3 is 14.2 Å². The van der Waals surface area contributed by atoms with Crippen molar-refractivity contribution >= 4 is 29.1 Å². The van der Waals surface area contributed by atoms with Crippen LogP contribution < -0.4 is 25.6 Å². The van der Waals surface area contributed by atoms with Gasteiger partial charge in [-0.1, -0.05) is 12.1 Å². The number of hydrazine groups is 1. The summed E-state index contributed by atoms with van der Waals surface area (Å²) < 4.78 is 15.7. The van der Waals surface area contributed by atoms with E-state index in [1.807, 2.05) is 25.1 Å². The number of benzene rings is 2. The van der Waals surface area contributed by atoms with Crippen molar-refractivity contribution in [1.29, 1.82) is 0 Å². The SMILES string of the molecule is COCCOc1ccc(C(=O)NC(=S)NNC(=O)COc2cccc(C)c2)cc1. The molecule has 0 saturated heterocycles. The van der Waals surface area contributed by atoms with E-state index in [-0.39, 0.29) is 11.7 Å². The monoisotopic (exact) mass is 417 g/mol. The van der Waals surface area contributed by atoms with Crippen LogP contribution in [0.3, 0.4) is 0 Å². The summed E-state index contributed by atoms with van der Waals surface area (Å²) in [6, 6.07) is 13.9. The third kappa shape index (κ3) is 8.16. The Balaban J connectivity index is 1.71. The number of ether oxygens (including phenoxy) is 3. The van der Waals surface area contributed by atoms with Crippen LogP contribution >= 0.6 is 12.2 Å². The highest BCUT2D eigenvalue weighted by Crippen LogP contribution is 2.12. The molecule has 0 aliphatic carbocycles. The summed E-state index contributed by atoms with van der Waals surface area (Å²) in [6.45, 7) is 2.63. The summed E-state index contributed by atoms with van der Waals surface area (Å²) in [5, 5.41) is 2.43. The van der Waals surface area contributed by atoms with E-state index in [4.69, 9.17) is 26.4 Å². The van der Waals surface area contributed by atoms with Crippen molar-refractivity contribution in [3.8, 4) is 11.5 Å². The number of carbonyl (C=O) groups excluding carboxylic acids is 2. The van der Waals surface area contributed by atoms with Gasteiger partial charge in [-0.05, 0) is 61.1 Å². The predicted molar refractivity (Wildman–Crippen MR) is 112 cm³/mol. The number of nitrogens with one attached hydrogen (secondary N) is 3. The smallest absolute Gasteiger partial charge is 0.276 e. The zero-order valence-corrected chi connectivity index (χ0v) is 17.0. The van der Waals surface area contributed by atoms with Gasteiger partial charge in [0.1, 0.15) is 18.1 Å². The van der Waals surface area contributed by atoms with E-state index in [0.29, 0.717) is 30.3 Å². The van der Waals surface area contributed by atoms with Crippen molar-refractivity contribution in [2.75, 3.05) is 26.9 Å². The largest absolute Gasteiger partial charge is 0.491 e. The number of rotatable bonds is 8. The minimum Gasteiger partial charge on any atom is -0.491 e. The highest BCUT2D eigenvalue weighted by Gasteiger charge is 2.09. The maximum atomic E-state index is 12.2. The molecular weight excluding hydrogens is 394 g/mol. The molecule has 2 aromatic rings. The molecule has 0 unspecified atom stereocenters. The minimum atomic E-state index is -0.444. The first-order valence-corrected chi connectivity index (χ1v) is 9.20. The molecule has 0 atom stereocenters. The van der Waals surface area contributed by atoms with E-state index < -0.39 is 11.8 Å². The van der Waals surface area contributed by atoms with Gasteiger partial charge >= 0.3 is 0 Å². The van der Waals surface area contributed by atoms with Gasteiger partial charge in [-0.25, -0.2) is 0 Å². The Hall–Kier alpha value is -3.17. The van der Waals surface area contributed by atoms with Crippen LogP contribution in [0.2, 0.25) is 0 Å². The van der Waals surface area contributed by atoms with Crippen LogP contribution in [0, 0.1) is 6.92 Å². The van der Waals surface area contributed by atoms with Crippen LogP contribution in [-0.2, 0) is 9.53 Å². The molecule has 0 fully saturated rings. The Morgan fingerprint density at radius 2 is 1.72 bits per heavy atom. The van der Waals surface area contributed by atoms with E-state index >= 15 is 0 Å². The second-order valence-corrected chi connectivity index (χ2v) is 6.34. The molecule has 2 rings (SSSR count). The van der Waals surface area contributed by atoms with E-state index in [0.717, 1.165) is 5.56 Å². The number of aryl methyl sites for hydroxylation is 1. The molecule has 0 aliphatic rings. The summed E-state index contributed by atoms with van der Waals surface area (Å²) in [5.41, 5.74) is 6.24. The lowest BCUT2D eigenvalue weighted by Gasteiger charge is -2.12. The normalized spacial score (nSPS) is 10.0. The molecule has 0 spiro atoms. The Morgan fingerprint density at radius 3 is 2.41 bits per heavy atom. The maximum absolute atomic E-state index is 12.2. The second kappa shape index (κ2) is 11.6. The fourth-order valence-corrected chi connectivity index (χ4v) is 2.31. The zero-order chi connectivity index (χ0) is 21.1. The molecule has 0 aromatic heterocycles. The summed E-state index contributed by atoms with van der Waals surface area (Å²) in [5.74, 6) is 0.350. The van der Waals surface area contributed by atoms with Gasteiger partial charge in [0.25, 0.3) is 11.8 Å². The predicted octanol–water partition coefficient (Wildman–Crippen LogP) is 1.73. The van der Waals surface area contributed by atoms with Crippen LogP contribution in [-0.4, -0.2) is 43.9 Å². The van der Waals surface area contributed by atoms with Crippen LogP contribution in [0.15, 0.2) is 48.5 Å². The van der Waals surface area contributed by atoms with Gasteiger partial charge in [-0.3, -0.25) is 25.8 Å². The quantitative estimate of drug-likeness (QED) is 0.342. The first-order valence-electron chi connectivity index (χ1n) is 8.79. The molecule has 0 aliphatic heterocycles. The Morgan fingerprint density at radius 1 is 0.966 bits per heavy atom. The average molecular weight is 417 g/mol. The molecular formula is C20H23N3O5S. The third-order valence-corrected chi connectivity index (χ3v) is 3.78. The topological polar surface area (TPSA) is 97.9 Å².